The molecule has 0 aliphatic rings. The van der Waals surface area contributed by atoms with Crippen molar-refractivity contribution in [2.75, 3.05) is 7.11 Å². The van der Waals surface area contributed by atoms with Gasteiger partial charge in [-0.25, -0.2) is 31.9 Å². The first-order chi connectivity index (χ1) is 28.7. The average molecular weight is 848 g/mol. The van der Waals surface area contributed by atoms with Crippen LogP contribution in [0, 0.1) is 59.8 Å². The Bertz CT molecular complexity index is 2560. The minimum Gasteiger partial charge on any atom is -0.423 e. The van der Waals surface area contributed by atoms with E-state index in [1.54, 1.807) is 86.0 Å². The highest BCUT2D eigenvalue weighted by Crippen LogP contribution is 2.24. The molecule has 0 saturated heterocycles. The topological polar surface area (TPSA) is 148 Å². The summed E-state index contributed by atoms with van der Waals surface area (Å²) in [6, 6.07) is 32.5. The van der Waals surface area contributed by atoms with Crippen LogP contribution in [0.5, 0.6) is 17.2 Å². The minimum absolute atomic E-state index is 0. The largest absolute Gasteiger partial charge is 0.423 e. The Morgan fingerprint density at radius 1 is 0.565 bits per heavy atom. The first kappa shape index (κ1) is 50.2. The summed E-state index contributed by atoms with van der Waals surface area (Å²) in [7, 11) is 1.60. The van der Waals surface area contributed by atoms with Crippen molar-refractivity contribution in [3.63, 3.8) is 0 Å². The van der Waals surface area contributed by atoms with E-state index in [9.17, 15) is 31.9 Å². The van der Waals surface area contributed by atoms with Crippen LogP contribution in [0.2, 0.25) is 0 Å². The number of carbonyl (C=O) groups excluding carboxylic acids is 3. The van der Waals surface area contributed by atoms with Gasteiger partial charge >= 0.3 is 17.9 Å². The van der Waals surface area contributed by atoms with Crippen LogP contribution in [0.3, 0.4) is 0 Å². The van der Waals surface area contributed by atoms with E-state index in [0.29, 0.717) is 17.7 Å². The number of ether oxygens (including phenoxy) is 4. The van der Waals surface area contributed by atoms with E-state index >= 15 is 0 Å². The number of hydrogen-bond donors (Lipinski definition) is 0. The Labute approximate surface area is 356 Å². The predicted molar refractivity (Wildman–Crippen MR) is 226 cm³/mol. The molecule has 318 valence electrons. The molecule has 0 aliphatic heterocycles. The predicted octanol–water partition coefficient (Wildman–Crippen LogP) is 11.4. The summed E-state index contributed by atoms with van der Waals surface area (Å²) >= 11 is 0. The number of esters is 3. The molecule has 6 aromatic carbocycles. The first-order valence-corrected chi connectivity index (χ1v) is 17.5. The Morgan fingerprint density at radius 2 is 0.968 bits per heavy atom. The zero-order valence-electron chi connectivity index (χ0n) is 32.2. The lowest BCUT2D eigenvalue weighted by atomic mass is 10.1. The summed E-state index contributed by atoms with van der Waals surface area (Å²) in [5.74, 6) is -5.39. The number of aliphatic imine (C=N–C) groups is 1. The highest BCUT2D eigenvalue weighted by molar-refractivity contribution is 5.92. The van der Waals surface area contributed by atoms with Gasteiger partial charge in [0.1, 0.15) is 52.4 Å². The Hall–Kier alpha value is -7.94. The number of rotatable bonds is 9. The fourth-order valence-electron chi connectivity index (χ4n) is 4.83. The van der Waals surface area contributed by atoms with E-state index in [-0.39, 0.29) is 48.9 Å². The van der Waals surface area contributed by atoms with Gasteiger partial charge in [0.2, 0.25) is 0 Å². The Balaban J connectivity index is 0.000000315. The number of halogens is 4. The molecule has 0 spiro atoms. The van der Waals surface area contributed by atoms with Gasteiger partial charge < -0.3 is 18.9 Å². The van der Waals surface area contributed by atoms with Gasteiger partial charge in [-0.15, -0.1) is 0 Å². The lowest BCUT2D eigenvalue weighted by Gasteiger charge is -2.06. The van der Waals surface area contributed by atoms with Crippen molar-refractivity contribution in [1.29, 1.82) is 10.5 Å². The number of carbonyl (C=O) groups is 3. The summed E-state index contributed by atoms with van der Waals surface area (Å²) in [5, 5.41) is 17.1. The standard InChI is InChI=1S/C16H14FNO3.C15H9F2NO2.C15H10FNO2.2CH4/c1-18-15-8-7-13(9-14(15)17)21-16(19)12-5-3-11(4-6-12)10-20-2;1-9-2-4-10(5-3-9)15(19)20-11-6-13(16)12(8-18)14(17)7-11;1-10-2-4-11(5-3-10)15(18)19-13-7-6-12(9-17)14(16)8-13;;/h3-9H,1,10H2,2H3;2-7H,1H3;2-8H,1H3;2*1H4. The van der Waals surface area contributed by atoms with Crippen molar-refractivity contribution in [2.24, 2.45) is 4.99 Å². The summed E-state index contributed by atoms with van der Waals surface area (Å²) in [4.78, 5) is 39.0. The molecule has 0 atom stereocenters. The molecule has 0 aliphatic carbocycles. The molecule has 6 aromatic rings. The molecule has 0 N–H and O–H groups in total. The second kappa shape index (κ2) is 24.2. The fourth-order valence-corrected chi connectivity index (χ4v) is 4.83. The summed E-state index contributed by atoms with van der Waals surface area (Å²) in [5.41, 5.74) is 3.28. The molecule has 6 rings (SSSR count). The smallest absolute Gasteiger partial charge is 0.343 e. The van der Waals surface area contributed by atoms with Crippen molar-refractivity contribution in [3.8, 4) is 29.4 Å². The van der Waals surface area contributed by atoms with Crippen LogP contribution >= 0.6 is 0 Å². The number of hydrogen-bond acceptors (Lipinski definition) is 10. The summed E-state index contributed by atoms with van der Waals surface area (Å²) in [6.45, 7) is 7.48. The van der Waals surface area contributed by atoms with Crippen LogP contribution in [0.4, 0.5) is 23.2 Å². The van der Waals surface area contributed by atoms with Crippen molar-refractivity contribution in [1.82, 2.24) is 0 Å². The summed E-state index contributed by atoms with van der Waals surface area (Å²) in [6.07, 6.45) is 0. The van der Waals surface area contributed by atoms with Crippen LogP contribution in [-0.2, 0) is 11.3 Å². The number of benzene rings is 6. The molecule has 0 fully saturated rings. The van der Waals surface area contributed by atoms with E-state index in [1.807, 2.05) is 13.8 Å². The zero-order valence-corrected chi connectivity index (χ0v) is 32.2. The van der Waals surface area contributed by atoms with Gasteiger partial charge in [-0.2, -0.15) is 10.5 Å². The van der Waals surface area contributed by atoms with E-state index < -0.39 is 46.7 Å². The van der Waals surface area contributed by atoms with Crippen LogP contribution in [-0.4, -0.2) is 31.7 Å². The van der Waals surface area contributed by atoms with Crippen molar-refractivity contribution in [3.05, 3.63) is 189 Å². The number of nitrogens with zero attached hydrogens (tertiary/aromatic N) is 3. The monoisotopic (exact) mass is 847 g/mol. The fraction of sp³-hybridized carbons (Fsp3) is 0.125. The maximum absolute atomic E-state index is 13.5. The van der Waals surface area contributed by atoms with Crippen LogP contribution in [0.15, 0.2) is 126 Å². The van der Waals surface area contributed by atoms with E-state index in [4.69, 9.17) is 29.5 Å². The second-order valence-corrected chi connectivity index (χ2v) is 12.4. The van der Waals surface area contributed by atoms with E-state index in [0.717, 1.165) is 41.0 Å². The average Bonchev–Trinajstić information content (AvgIpc) is 3.22. The van der Waals surface area contributed by atoms with Crippen LogP contribution < -0.4 is 14.2 Å². The van der Waals surface area contributed by atoms with Gasteiger partial charge in [0, 0.05) is 31.4 Å². The summed E-state index contributed by atoms with van der Waals surface area (Å²) < 4.78 is 73.6. The highest BCUT2D eigenvalue weighted by atomic mass is 19.1. The van der Waals surface area contributed by atoms with E-state index in [1.165, 1.54) is 30.3 Å². The molecule has 0 amide bonds. The van der Waals surface area contributed by atoms with Gasteiger partial charge in [-0.3, -0.25) is 4.99 Å². The number of nitriles is 2. The van der Waals surface area contributed by atoms with Crippen LogP contribution in [0.25, 0.3) is 0 Å². The highest BCUT2D eigenvalue weighted by Gasteiger charge is 2.15. The molecule has 14 heteroatoms. The second-order valence-electron chi connectivity index (χ2n) is 12.4. The third-order valence-corrected chi connectivity index (χ3v) is 7.98. The molecule has 0 bridgehead atoms. The van der Waals surface area contributed by atoms with Crippen molar-refractivity contribution in [2.45, 2.75) is 35.3 Å². The number of methoxy groups -OCH3 is 1. The quantitative estimate of drug-likeness (QED) is 0.0600. The maximum Gasteiger partial charge on any atom is 0.343 e. The third-order valence-electron chi connectivity index (χ3n) is 7.98. The maximum atomic E-state index is 13.5. The minimum atomic E-state index is -1.07. The van der Waals surface area contributed by atoms with Crippen molar-refractivity contribution < 1.29 is 50.9 Å². The molecule has 0 heterocycles. The van der Waals surface area contributed by atoms with Gasteiger partial charge in [-0.05, 0) is 86.8 Å². The Kier molecular flexibility index (Phi) is 19.6. The van der Waals surface area contributed by atoms with Crippen molar-refractivity contribution >= 4 is 30.3 Å². The first-order valence-electron chi connectivity index (χ1n) is 17.5. The molecular formula is C48H41F4N3O7. The van der Waals surface area contributed by atoms with Crippen LogP contribution in [0.1, 0.15) is 73.7 Å². The van der Waals surface area contributed by atoms with E-state index in [2.05, 4.69) is 11.7 Å². The zero-order chi connectivity index (χ0) is 43.8. The SMILES string of the molecule is C.C.C=Nc1ccc(OC(=O)c2ccc(COC)cc2)cc1F.Cc1ccc(C(=O)Oc2cc(F)c(C#N)c(F)c2)cc1.Cc1ccc(C(=O)Oc2ccc(C#N)c(F)c2)cc1. The lowest BCUT2D eigenvalue weighted by Crippen LogP contribution is -2.09. The third kappa shape index (κ3) is 14.4. The van der Waals surface area contributed by atoms with Gasteiger partial charge in [0.15, 0.2) is 5.82 Å². The molecular weight excluding hydrogens is 807 g/mol. The lowest BCUT2D eigenvalue weighted by molar-refractivity contribution is 0.0724. The molecule has 10 nitrogen and oxygen atoms in total. The van der Waals surface area contributed by atoms with Gasteiger partial charge in [0.05, 0.1) is 34.5 Å². The molecule has 0 aromatic heterocycles. The molecule has 0 saturated carbocycles. The number of aryl methyl sites for hydroxylation is 2. The molecule has 0 unspecified atom stereocenters. The van der Waals surface area contributed by atoms with Gasteiger partial charge in [-0.1, -0.05) is 62.4 Å². The normalized spacial score (nSPS) is 9.63. The molecule has 62 heavy (non-hydrogen) atoms. The molecule has 0 radical (unpaired) electrons. The van der Waals surface area contributed by atoms with Gasteiger partial charge in [0.25, 0.3) is 0 Å². The Morgan fingerprint density at radius 3 is 1.35 bits per heavy atom.